The molecule has 2 amide bonds. The van der Waals surface area contributed by atoms with E-state index in [0.717, 1.165) is 5.56 Å². The van der Waals surface area contributed by atoms with E-state index in [1.54, 1.807) is 23.1 Å². The van der Waals surface area contributed by atoms with Crippen LogP contribution in [0, 0.1) is 0 Å². The summed E-state index contributed by atoms with van der Waals surface area (Å²) in [4.78, 5) is 24.0. The van der Waals surface area contributed by atoms with Gasteiger partial charge in [-0.2, -0.15) is 0 Å². The van der Waals surface area contributed by atoms with Crippen molar-refractivity contribution in [1.29, 1.82) is 0 Å². The van der Waals surface area contributed by atoms with Crippen LogP contribution in [0.15, 0.2) is 36.9 Å². The first-order valence-corrected chi connectivity index (χ1v) is 6.54. The average Bonchev–Trinajstić information content (AvgIpc) is 2.43. The topological polar surface area (TPSA) is 69.6 Å². The van der Waals surface area contributed by atoms with Crippen molar-refractivity contribution in [2.45, 2.75) is 19.8 Å². The Kier molecular flexibility index (Phi) is 6.29. The quantitative estimate of drug-likeness (QED) is 0.752. The van der Waals surface area contributed by atoms with E-state index in [-0.39, 0.29) is 12.5 Å². The summed E-state index contributed by atoms with van der Waals surface area (Å²) in [7, 11) is 0. The molecular formula is C15H20N2O3. The third-order valence-electron chi connectivity index (χ3n) is 2.85. The molecule has 0 aliphatic carbocycles. The number of aryl methyl sites for hydroxylation is 1. The van der Waals surface area contributed by atoms with Gasteiger partial charge in [0, 0.05) is 25.2 Å². The van der Waals surface area contributed by atoms with Crippen LogP contribution in [0.3, 0.4) is 0 Å². The number of benzene rings is 1. The van der Waals surface area contributed by atoms with Crippen molar-refractivity contribution in [2.75, 3.05) is 18.4 Å². The van der Waals surface area contributed by atoms with Crippen LogP contribution in [0.4, 0.5) is 10.5 Å². The maximum atomic E-state index is 11.9. The maximum Gasteiger partial charge on any atom is 0.322 e. The highest BCUT2D eigenvalue weighted by atomic mass is 16.4. The first-order valence-electron chi connectivity index (χ1n) is 6.54. The number of carboxylic acid groups (broad SMARTS) is 1. The van der Waals surface area contributed by atoms with Crippen molar-refractivity contribution in [2.24, 2.45) is 0 Å². The number of anilines is 1. The van der Waals surface area contributed by atoms with Gasteiger partial charge in [-0.1, -0.05) is 18.2 Å². The number of carboxylic acids is 1. The van der Waals surface area contributed by atoms with Gasteiger partial charge >= 0.3 is 12.0 Å². The Bertz CT molecular complexity index is 469. The molecule has 2 N–H and O–H groups in total. The molecule has 0 saturated heterocycles. The SMILES string of the molecule is C=CCN(CC)C(=O)Nc1ccc(CCC(=O)O)cc1. The molecule has 0 fully saturated rings. The Morgan fingerprint density at radius 1 is 1.35 bits per heavy atom. The van der Waals surface area contributed by atoms with Crippen molar-refractivity contribution in [3.63, 3.8) is 0 Å². The lowest BCUT2D eigenvalue weighted by Crippen LogP contribution is -2.34. The molecule has 0 aliphatic heterocycles. The second-order valence-corrected chi connectivity index (χ2v) is 4.35. The van der Waals surface area contributed by atoms with Crippen LogP contribution in [-0.2, 0) is 11.2 Å². The number of aliphatic carboxylic acids is 1. The van der Waals surface area contributed by atoms with Crippen LogP contribution in [0.25, 0.3) is 0 Å². The number of hydrogen-bond acceptors (Lipinski definition) is 2. The highest BCUT2D eigenvalue weighted by molar-refractivity contribution is 5.89. The smallest absolute Gasteiger partial charge is 0.322 e. The molecule has 0 unspecified atom stereocenters. The zero-order valence-electron chi connectivity index (χ0n) is 11.6. The largest absolute Gasteiger partial charge is 0.481 e. The molecule has 1 aromatic carbocycles. The fourth-order valence-corrected chi connectivity index (χ4v) is 1.72. The predicted molar refractivity (Wildman–Crippen MR) is 78.9 cm³/mol. The minimum absolute atomic E-state index is 0.106. The first-order chi connectivity index (χ1) is 9.56. The molecule has 0 saturated carbocycles. The number of carbonyl (C=O) groups excluding carboxylic acids is 1. The normalized spacial score (nSPS) is 9.85. The Labute approximate surface area is 118 Å². The summed E-state index contributed by atoms with van der Waals surface area (Å²) < 4.78 is 0. The van der Waals surface area contributed by atoms with Crippen molar-refractivity contribution >= 4 is 17.7 Å². The minimum Gasteiger partial charge on any atom is -0.481 e. The molecular weight excluding hydrogens is 256 g/mol. The number of urea groups is 1. The van der Waals surface area contributed by atoms with Gasteiger partial charge in [0.2, 0.25) is 0 Å². The Morgan fingerprint density at radius 3 is 2.50 bits per heavy atom. The maximum absolute atomic E-state index is 11.9. The molecule has 5 heteroatoms. The third-order valence-corrected chi connectivity index (χ3v) is 2.85. The van der Waals surface area contributed by atoms with Gasteiger partial charge in [0.1, 0.15) is 0 Å². The molecule has 0 bridgehead atoms. The van der Waals surface area contributed by atoms with E-state index in [2.05, 4.69) is 11.9 Å². The number of nitrogens with one attached hydrogen (secondary N) is 1. The van der Waals surface area contributed by atoms with Crippen LogP contribution in [0.1, 0.15) is 18.9 Å². The monoisotopic (exact) mass is 276 g/mol. The molecule has 20 heavy (non-hydrogen) atoms. The number of amides is 2. The van der Waals surface area contributed by atoms with Crippen molar-refractivity contribution in [3.05, 3.63) is 42.5 Å². The van der Waals surface area contributed by atoms with Gasteiger partial charge in [-0.05, 0) is 31.0 Å². The summed E-state index contributed by atoms with van der Waals surface area (Å²) in [5, 5.41) is 11.4. The van der Waals surface area contributed by atoms with E-state index in [4.69, 9.17) is 5.11 Å². The van der Waals surface area contributed by atoms with Crippen molar-refractivity contribution in [1.82, 2.24) is 4.90 Å². The molecule has 1 rings (SSSR count). The number of nitrogens with zero attached hydrogens (tertiary/aromatic N) is 1. The lowest BCUT2D eigenvalue weighted by Gasteiger charge is -2.19. The average molecular weight is 276 g/mol. The molecule has 108 valence electrons. The van der Waals surface area contributed by atoms with Crippen molar-refractivity contribution < 1.29 is 14.7 Å². The Morgan fingerprint density at radius 2 is 2.00 bits per heavy atom. The van der Waals surface area contributed by atoms with Crippen LogP contribution in [0.2, 0.25) is 0 Å². The summed E-state index contributed by atoms with van der Waals surface area (Å²) in [6, 6.07) is 7.02. The highest BCUT2D eigenvalue weighted by Gasteiger charge is 2.09. The van der Waals surface area contributed by atoms with Gasteiger partial charge in [0.15, 0.2) is 0 Å². The lowest BCUT2D eigenvalue weighted by molar-refractivity contribution is -0.136. The molecule has 5 nitrogen and oxygen atoms in total. The van der Waals surface area contributed by atoms with E-state index in [1.807, 2.05) is 19.1 Å². The van der Waals surface area contributed by atoms with Gasteiger partial charge in [-0.25, -0.2) is 4.79 Å². The highest BCUT2D eigenvalue weighted by Crippen LogP contribution is 2.12. The number of rotatable bonds is 7. The van der Waals surface area contributed by atoms with Crippen LogP contribution < -0.4 is 5.32 Å². The van der Waals surface area contributed by atoms with Crippen LogP contribution in [-0.4, -0.2) is 35.1 Å². The van der Waals surface area contributed by atoms with Crippen LogP contribution >= 0.6 is 0 Å². The molecule has 0 heterocycles. The molecule has 1 aromatic rings. The van der Waals surface area contributed by atoms with Crippen molar-refractivity contribution in [3.8, 4) is 0 Å². The van der Waals surface area contributed by atoms with Gasteiger partial charge < -0.3 is 15.3 Å². The zero-order chi connectivity index (χ0) is 15.0. The fourth-order valence-electron chi connectivity index (χ4n) is 1.72. The standard InChI is InChI=1S/C15H20N2O3/c1-3-11-17(4-2)15(20)16-13-8-5-12(6-9-13)7-10-14(18)19/h3,5-6,8-9H,1,4,7,10-11H2,2H3,(H,16,20)(H,18,19). The lowest BCUT2D eigenvalue weighted by atomic mass is 10.1. The second kappa shape index (κ2) is 7.99. The minimum atomic E-state index is -0.814. The molecule has 0 aliphatic rings. The van der Waals surface area contributed by atoms with E-state index in [1.165, 1.54) is 0 Å². The summed E-state index contributed by atoms with van der Waals surface area (Å²) >= 11 is 0. The number of carbonyl (C=O) groups is 2. The second-order valence-electron chi connectivity index (χ2n) is 4.35. The van der Waals surface area contributed by atoms with E-state index < -0.39 is 5.97 Å². The zero-order valence-corrected chi connectivity index (χ0v) is 11.6. The third kappa shape index (κ3) is 5.14. The van der Waals surface area contributed by atoms with Gasteiger partial charge in [-0.15, -0.1) is 6.58 Å². The van der Waals surface area contributed by atoms with Gasteiger partial charge in [0.05, 0.1) is 0 Å². The molecule has 0 radical (unpaired) electrons. The van der Waals surface area contributed by atoms with Gasteiger partial charge in [-0.3, -0.25) is 4.79 Å². The molecule has 0 spiro atoms. The summed E-state index contributed by atoms with van der Waals surface area (Å²) in [5.74, 6) is -0.814. The van der Waals surface area contributed by atoms with E-state index in [0.29, 0.717) is 25.2 Å². The fraction of sp³-hybridized carbons (Fsp3) is 0.333. The summed E-state index contributed by atoms with van der Waals surface area (Å²) in [6.45, 7) is 6.62. The Hall–Kier alpha value is -2.30. The first kappa shape index (κ1) is 15.8. The van der Waals surface area contributed by atoms with E-state index >= 15 is 0 Å². The molecule has 0 aromatic heterocycles. The van der Waals surface area contributed by atoms with Crippen LogP contribution in [0.5, 0.6) is 0 Å². The predicted octanol–water partition coefficient (Wildman–Crippen LogP) is 2.74. The number of hydrogen-bond donors (Lipinski definition) is 2. The van der Waals surface area contributed by atoms with E-state index in [9.17, 15) is 9.59 Å². The summed E-state index contributed by atoms with van der Waals surface area (Å²) in [6.07, 6.45) is 2.27. The Balaban J connectivity index is 2.58. The number of likely N-dealkylation sites (N-methyl/N-ethyl adjacent to an activating group) is 1. The van der Waals surface area contributed by atoms with Gasteiger partial charge in [0.25, 0.3) is 0 Å². The summed E-state index contributed by atoms with van der Waals surface area (Å²) in [5.41, 5.74) is 1.63. The molecule has 0 atom stereocenters.